The number of nitrogens with one attached hydrogen (secondary N) is 2. The van der Waals surface area contributed by atoms with Gasteiger partial charge in [0.1, 0.15) is 0 Å². The zero-order chi connectivity index (χ0) is 14.4. The average Bonchev–Trinajstić information content (AvgIpc) is 3.03. The molecule has 4 atom stereocenters. The van der Waals surface area contributed by atoms with Gasteiger partial charge in [-0.1, -0.05) is 32.0 Å². The Bertz CT molecular complexity index is 642. The van der Waals surface area contributed by atoms with E-state index in [-0.39, 0.29) is 0 Å². The smallest absolute Gasteiger partial charge is 0.0478 e. The molecule has 1 aromatic carbocycles. The Morgan fingerprint density at radius 1 is 1.10 bits per heavy atom. The fourth-order valence-corrected chi connectivity index (χ4v) is 4.44. The zero-order valence-corrected chi connectivity index (χ0v) is 13.2. The molecule has 0 aliphatic heterocycles. The molecule has 2 N–H and O–H groups in total. The summed E-state index contributed by atoms with van der Waals surface area (Å²) in [4.78, 5) is 3.70. The maximum atomic E-state index is 3.98. The zero-order valence-electron chi connectivity index (χ0n) is 13.2. The van der Waals surface area contributed by atoms with Gasteiger partial charge in [0, 0.05) is 28.7 Å². The van der Waals surface area contributed by atoms with Crippen molar-refractivity contribution in [2.45, 2.75) is 58.0 Å². The summed E-state index contributed by atoms with van der Waals surface area (Å²) in [6.07, 6.45) is 6.54. The van der Waals surface area contributed by atoms with Gasteiger partial charge in [0.2, 0.25) is 0 Å². The molecule has 2 aliphatic carbocycles. The van der Waals surface area contributed by atoms with Crippen LogP contribution in [0.2, 0.25) is 0 Å². The first-order chi connectivity index (χ1) is 10.2. The standard InChI is InChI=1S/C19H26N2/c1-12-10-11-16(13(12)2)20-18-9-5-7-15-14-6-3-4-8-17(14)21-19(15)18/h3-4,6,8,12-13,16,18,20-21H,5,7,9-11H2,1-2H3. The summed E-state index contributed by atoms with van der Waals surface area (Å²) in [6, 6.07) is 10.0. The van der Waals surface area contributed by atoms with E-state index < -0.39 is 0 Å². The third-order valence-corrected chi connectivity index (χ3v) is 6.00. The third kappa shape index (κ3) is 2.20. The van der Waals surface area contributed by atoms with Crippen molar-refractivity contribution in [1.29, 1.82) is 0 Å². The van der Waals surface area contributed by atoms with Gasteiger partial charge in [0.25, 0.3) is 0 Å². The number of hydrogen-bond acceptors (Lipinski definition) is 1. The molecule has 1 fully saturated rings. The number of hydrogen-bond donors (Lipinski definition) is 2. The highest BCUT2D eigenvalue weighted by molar-refractivity contribution is 5.85. The Labute approximate surface area is 127 Å². The van der Waals surface area contributed by atoms with Gasteiger partial charge in [-0.3, -0.25) is 0 Å². The first-order valence-corrected chi connectivity index (χ1v) is 8.59. The van der Waals surface area contributed by atoms with Crippen LogP contribution in [0.25, 0.3) is 10.9 Å². The molecule has 4 unspecified atom stereocenters. The van der Waals surface area contributed by atoms with Crippen LogP contribution in [0.5, 0.6) is 0 Å². The number of aromatic nitrogens is 1. The summed E-state index contributed by atoms with van der Waals surface area (Å²) >= 11 is 0. The molecular weight excluding hydrogens is 256 g/mol. The largest absolute Gasteiger partial charge is 0.357 e. The van der Waals surface area contributed by atoms with Gasteiger partial charge in [-0.05, 0) is 55.6 Å². The Kier molecular flexibility index (Phi) is 3.30. The lowest BCUT2D eigenvalue weighted by Gasteiger charge is -2.29. The second-order valence-corrected chi connectivity index (χ2v) is 7.19. The molecule has 1 aromatic heterocycles. The molecule has 0 spiro atoms. The lowest BCUT2D eigenvalue weighted by molar-refractivity contribution is 0.320. The molecule has 4 rings (SSSR count). The Morgan fingerprint density at radius 3 is 2.76 bits per heavy atom. The summed E-state index contributed by atoms with van der Waals surface area (Å²) in [5, 5.41) is 5.42. The first kappa shape index (κ1) is 13.4. The van der Waals surface area contributed by atoms with E-state index in [1.54, 1.807) is 5.56 Å². The van der Waals surface area contributed by atoms with Crippen molar-refractivity contribution in [3.05, 3.63) is 35.5 Å². The minimum absolute atomic E-state index is 0.527. The minimum atomic E-state index is 0.527. The van der Waals surface area contributed by atoms with E-state index in [1.807, 2.05) is 0 Å². The van der Waals surface area contributed by atoms with Crippen LogP contribution in [0.15, 0.2) is 24.3 Å². The summed E-state index contributed by atoms with van der Waals surface area (Å²) in [5.74, 6) is 1.67. The van der Waals surface area contributed by atoms with Crippen LogP contribution in [0.4, 0.5) is 0 Å². The molecule has 0 radical (unpaired) electrons. The number of para-hydroxylation sites is 1. The number of benzene rings is 1. The van der Waals surface area contributed by atoms with E-state index in [0.717, 1.165) is 11.8 Å². The molecule has 112 valence electrons. The van der Waals surface area contributed by atoms with Gasteiger partial charge >= 0.3 is 0 Å². The molecular formula is C19H26N2. The van der Waals surface area contributed by atoms with Gasteiger partial charge in [0.05, 0.1) is 0 Å². The van der Waals surface area contributed by atoms with Gasteiger partial charge in [-0.15, -0.1) is 0 Å². The van der Waals surface area contributed by atoms with E-state index >= 15 is 0 Å². The molecule has 2 aliphatic rings. The van der Waals surface area contributed by atoms with Crippen molar-refractivity contribution in [3.63, 3.8) is 0 Å². The molecule has 0 saturated heterocycles. The second-order valence-electron chi connectivity index (χ2n) is 7.19. The lowest BCUT2D eigenvalue weighted by atomic mass is 9.90. The van der Waals surface area contributed by atoms with Crippen LogP contribution in [0.1, 0.15) is 56.8 Å². The Balaban J connectivity index is 1.64. The quantitative estimate of drug-likeness (QED) is 0.829. The predicted molar refractivity (Wildman–Crippen MR) is 88.5 cm³/mol. The van der Waals surface area contributed by atoms with Gasteiger partial charge in [0.15, 0.2) is 0 Å². The minimum Gasteiger partial charge on any atom is -0.357 e. The highest BCUT2D eigenvalue weighted by atomic mass is 15.0. The van der Waals surface area contributed by atoms with E-state index in [2.05, 4.69) is 48.4 Å². The average molecular weight is 282 g/mol. The topological polar surface area (TPSA) is 27.8 Å². The van der Waals surface area contributed by atoms with E-state index in [9.17, 15) is 0 Å². The van der Waals surface area contributed by atoms with Gasteiger partial charge < -0.3 is 10.3 Å². The molecule has 2 nitrogen and oxygen atoms in total. The van der Waals surface area contributed by atoms with Crippen molar-refractivity contribution in [2.24, 2.45) is 11.8 Å². The lowest BCUT2D eigenvalue weighted by Crippen LogP contribution is -2.37. The Hall–Kier alpha value is -1.28. The molecule has 2 heteroatoms. The van der Waals surface area contributed by atoms with Crippen LogP contribution >= 0.6 is 0 Å². The van der Waals surface area contributed by atoms with Crippen LogP contribution < -0.4 is 5.32 Å². The molecule has 21 heavy (non-hydrogen) atoms. The van der Waals surface area contributed by atoms with E-state index in [0.29, 0.717) is 12.1 Å². The number of aromatic amines is 1. The van der Waals surface area contributed by atoms with Crippen LogP contribution in [0, 0.1) is 11.8 Å². The maximum Gasteiger partial charge on any atom is 0.0478 e. The molecule has 0 amide bonds. The monoisotopic (exact) mass is 282 g/mol. The van der Waals surface area contributed by atoms with E-state index in [4.69, 9.17) is 0 Å². The molecule has 1 heterocycles. The predicted octanol–water partition coefficient (Wildman–Crippen LogP) is 4.57. The van der Waals surface area contributed by atoms with Crippen molar-refractivity contribution in [2.75, 3.05) is 0 Å². The number of H-pyrrole nitrogens is 1. The summed E-state index contributed by atoms with van der Waals surface area (Å²) in [7, 11) is 0. The highest BCUT2D eigenvalue weighted by Crippen LogP contribution is 2.38. The van der Waals surface area contributed by atoms with Crippen LogP contribution in [-0.4, -0.2) is 11.0 Å². The van der Waals surface area contributed by atoms with Gasteiger partial charge in [-0.2, -0.15) is 0 Å². The van der Waals surface area contributed by atoms with Crippen molar-refractivity contribution >= 4 is 10.9 Å². The van der Waals surface area contributed by atoms with E-state index in [1.165, 1.54) is 48.7 Å². The molecule has 1 saturated carbocycles. The third-order valence-electron chi connectivity index (χ3n) is 6.00. The fraction of sp³-hybridized carbons (Fsp3) is 0.579. The normalized spacial score (nSPS) is 32.5. The first-order valence-electron chi connectivity index (χ1n) is 8.59. The summed E-state index contributed by atoms with van der Waals surface area (Å²) in [5.41, 5.74) is 4.34. The molecule has 2 aromatic rings. The fourth-order valence-electron chi connectivity index (χ4n) is 4.44. The Morgan fingerprint density at radius 2 is 1.95 bits per heavy atom. The van der Waals surface area contributed by atoms with Crippen molar-refractivity contribution < 1.29 is 0 Å². The highest BCUT2D eigenvalue weighted by Gasteiger charge is 2.33. The second kappa shape index (κ2) is 5.17. The molecule has 0 bridgehead atoms. The van der Waals surface area contributed by atoms with Gasteiger partial charge in [-0.25, -0.2) is 0 Å². The number of rotatable bonds is 2. The summed E-state index contributed by atoms with van der Waals surface area (Å²) < 4.78 is 0. The van der Waals surface area contributed by atoms with Crippen molar-refractivity contribution in [3.8, 4) is 0 Å². The number of aryl methyl sites for hydroxylation is 1. The SMILES string of the molecule is CC1CCC(NC2CCCc3c2[nH]c2ccccc32)C1C. The maximum absolute atomic E-state index is 3.98. The van der Waals surface area contributed by atoms with Crippen LogP contribution in [-0.2, 0) is 6.42 Å². The van der Waals surface area contributed by atoms with Crippen LogP contribution in [0.3, 0.4) is 0 Å². The van der Waals surface area contributed by atoms with Crippen molar-refractivity contribution in [1.82, 2.24) is 10.3 Å². The number of fused-ring (bicyclic) bond motifs is 3. The summed E-state index contributed by atoms with van der Waals surface area (Å²) in [6.45, 7) is 4.83.